The second kappa shape index (κ2) is 8.44. The molecule has 3 N–H and O–H groups in total. The summed E-state index contributed by atoms with van der Waals surface area (Å²) in [6.07, 6.45) is 0.00785. The number of nitrogens with one attached hydrogen (secondary N) is 1. The molecule has 2 atom stereocenters. The topological polar surface area (TPSA) is 111 Å². The van der Waals surface area contributed by atoms with Gasteiger partial charge in [0.2, 0.25) is 0 Å². The van der Waals surface area contributed by atoms with Crippen molar-refractivity contribution in [3.8, 4) is 0 Å². The van der Waals surface area contributed by atoms with Gasteiger partial charge in [-0.05, 0) is 37.6 Å². The minimum Gasteiger partial charge on any atom is -0.398 e. The fraction of sp³-hybridized carbons (Fsp3) is 0.350. The Balaban J connectivity index is 1.72. The zero-order valence-electron chi connectivity index (χ0n) is 16.2. The number of carbonyl (C=O) groups is 1. The zero-order chi connectivity index (χ0) is 21.1. The van der Waals surface area contributed by atoms with Gasteiger partial charge < -0.3 is 20.7 Å². The number of rotatable bonds is 5. The van der Waals surface area contributed by atoms with Gasteiger partial charge in [0, 0.05) is 25.7 Å². The van der Waals surface area contributed by atoms with E-state index in [4.69, 9.17) is 10.5 Å². The Morgan fingerprint density at radius 2 is 2.00 bits per heavy atom. The van der Waals surface area contributed by atoms with Crippen molar-refractivity contribution < 1.29 is 18.8 Å². The summed E-state index contributed by atoms with van der Waals surface area (Å²) in [6.45, 7) is 5.08. The molecule has 2 aromatic carbocycles. The van der Waals surface area contributed by atoms with Gasteiger partial charge in [-0.3, -0.25) is 14.9 Å². The van der Waals surface area contributed by atoms with Crippen LogP contribution in [0.2, 0.25) is 0 Å². The quantitative estimate of drug-likeness (QED) is 0.452. The maximum absolute atomic E-state index is 14.7. The highest BCUT2D eigenvalue weighted by Gasteiger charge is 2.25. The highest BCUT2D eigenvalue weighted by molar-refractivity contribution is 6.03. The first-order valence-corrected chi connectivity index (χ1v) is 9.26. The molecule has 9 heteroatoms. The summed E-state index contributed by atoms with van der Waals surface area (Å²) >= 11 is 0. The molecule has 29 heavy (non-hydrogen) atoms. The second-order valence-electron chi connectivity index (χ2n) is 7.13. The second-order valence-corrected chi connectivity index (χ2v) is 7.13. The van der Waals surface area contributed by atoms with Gasteiger partial charge in [0.1, 0.15) is 11.4 Å². The molecule has 8 nitrogen and oxygen atoms in total. The average Bonchev–Trinajstić information content (AvgIpc) is 2.65. The molecule has 1 fully saturated rings. The zero-order valence-corrected chi connectivity index (χ0v) is 16.2. The van der Waals surface area contributed by atoms with E-state index in [-0.39, 0.29) is 35.7 Å². The normalized spacial score (nSPS) is 19.1. The van der Waals surface area contributed by atoms with Crippen molar-refractivity contribution in [2.45, 2.75) is 32.6 Å². The number of ether oxygens (including phenoxy) is 1. The van der Waals surface area contributed by atoms with Crippen LogP contribution in [0.4, 0.5) is 21.5 Å². The summed E-state index contributed by atoms with van der Waals surface area (Å²) in [7, 11) is 0. The molecule has 2 aromatic rings. The van der Waals surface area contributed by atoms with Crippen LogP contribution >= 0.6 is 0 Å². The Labute approximate surface area is 167 Å². The van der Waals surface area contributed by atoms with Crippen LogP contribution < -0.4 is 16.0 Å². The van der Waals surface area contributed by atoms with E-state index in [0.29, 0.717) is 24.3 Å². The molecule has 1 amide bonds. The summed E-state index contributed by atoms with van der Waals surface area (Å²) in [5, 5.41) is 13.7. The van der Waals surface area contributed by atoms with Crippen molar-refractivity contribution >= 4 is 23.0 Å². The Hall–Kier alpha value is -3.20. The maximum atomic E-state index is 14.7. The Bertz CT molecular complexity index is 927. The molecular formula is C20H23FN4O4. The van der Waals surface area contributed by atoms with Crippen LogP contribution in [0.1, 0.15) is 29.8 Å². The number of hydrogen-bond donors (Lipinski definition) is 2. The van der Waals surface area contributed by atoms with Crippen LogP contribution in [-0.2, 0) is 11.3 Å². The molecule has 0 aromatic heterocycles. The summed E-state index contributed by atoms with van der Waals surface area (Å²) in [5.74, 6) is -1.08. The third kappa shape index (κ3) is 4.62. The molecular weight excluding hydrogens is 379 g/mol. The minimum absolute atomic E-state index is 0.00392. The molecule has 154 valence electrons. The number of nitrogens with two attached hydrogens (primary N) is 1. The van der Waals surface area contributed by atoms with E-state index in [9.17, 15) is 19.3 Å². The summed E-state index contributed by atoms with van der Waals surface area (Å²) in [6, 6.07) is 8.77. The molecule has 0 saturated carbocycles. The number of carbonyl (C=O) groups excluding carboxylic acids is 1. The summed E-state index contributed by atoms with van der Waals surface area (Å²) in [4.78, 5) is 24.8. The van der Waals surface area contributed by atoms with Gasteiger partial charge >= 0.3 is 0 Å². The largest absolute Gasteiger partial charge is 0.398 e. The third-order valence-electron chi connectivity index (χ3n) is 4.72. The number of nitro groups is 1. The van der Waals surface area contributed by atoms with Crippen molar-refractivity contribution in [2.24, 2.45) is 0 Å². The van der Waals surface area contributed by atoms with Crippen molar-refractivity contribution in [1.29, 1.82) is 0 Å². The molecule has 0 unspecified atom stereocenters. The fourth-order valence-electron chi connectivity index (χ4n) is 3.52. The molecule has 1 aliphatic heterocycles. The van der Waals surface area contributed by atoms with Crippen LogP contribution in [0.25, 0.3) is 0 Å². The lowest BCUT2D eigenvalue weighted by atomic mass is 10.1. The Kier molecular flexibility index (Phi) is 5.97. The lowest BCUT2D eigenvalue weighted by molar-refractivity contribution is -0.385. The Morgan fingerprint density at radius 3 is 2.62 bits per heavy atom. The number of nitrogens with zero attached hydrogens (tertiary/aromatic N) is 2. The van der Waals surface area contributed by atoms with Gasteiger partial charge in [-0.1, -0.05) is 12.1 Å². The molecule has 0 radical (unpaired) electrons. The van der Waals surface area contributed by atoms with E-state index >= 15 is 0 Å². The average molecular weight is 402 g/mol. The first kappa shape index (κ1) is 20.5. The third-order valence-corrected chi connectivity index (χ3v) is 4.72. The van der Waals surface area contributed by atoms with Crippen LogP contribution in [0.5, 0.6) is 0 Å². The molecule has 3 rings (SSSR count). The van der Waals surface area contributed by atoms with E-state index in [1.54, 1.807) is 12.1 Å². The molecule has 0 aliphatic carbocycles. The molecule has 1 heterocycles. The van der Waals surface area contributed by atoms with Crippen molar-refractivity contribution in [3.63, 3.8) is 0 Å². The molecule has 0 bridgehead atoms. The lowest BCUT2D eigenvalue weighted by Gasteiger charge is -2.37. The highest BCUT2D eigenvalue weighted by atomic mass is 19.1. The van der Waals surface area contributed by atoms with Crippen LogP contribution in [0.3, 0.4) is 0 Å². The number of nitrogen functional groups attached to an aromatic ring is 1. The van der Waals surface area contributed by atoms with E-state index < -0.39 is 16.6 Å². The van der Waals surface area contributed by atoms with Crippen molar-refractivity contribution in [2.75, 3.05) is 23.7 Å². The molecule has 0 spiro atoms. The van der Waals surface area contributed by atoms with Gasteiger partial charge in [-0.2, -0.15) is 0 Å². The lowest BCUT2D eigenvalue weighted by Crippen LogP contribution is -2.45. The smallest absolute Gasteiger partial charge is 0.284 e. The van der Waals surface area contributed by atoms with E-state index in [1.165, 1.54) is 24.3 Å². The molecule has 1 saturated heterocycles. The maximum Gasteiger partial charge on any atom is 0.284 e. The van der Waals surface area contributed by atoms with E-state index in [1.807, 2.05) is 18.7 Å². The Morgan fingerprint density at radius 1 is 1.31 bits per heavy atom. The number of halogens is 1. The van der Waals surface area contributed by atoms with Gasteiger partial charge in [0.15, 0.2) is 0 Å². The first-order chi connectivity index (χ1) is 13.8. The summed E-state index contributed by atoms with van der Waals surface area (Å²) in [5.41, 5.74) is 6.18. The number of anilines is 2. The number of hydrogen-bond acceptors (Lipinski definition) is 6. The van der Waals surface area contributed by atoms with Crippen molar-refractivity contribution in [1.82, 2.24) is 5.32 Å². The number of morpholine rings is 1. The van der Waals surface area contributed by atoms with Crippen molar-refractivity contribution in [3.05, 3.63) is 63.5 Å². The highest BCUT2D eigenvalue weighted by Crippen LogP contribution is 2.26. The molecule has 1 aliphatic rings. The van der Waals surface area contributed by atoms with E-state index in [0.717, 1.165) is 0 Å². The number of nitro benzene ring substituents is 1. The monoisotopic (exact) mass is 402 g/mol. The SMILES string of the molecule is C[C@@H]1CN(c2ccc(CNC(=O)c3c(N)cccc3[N+](=O)[O-])cc2F)C[C@@H](C)O1. The number of amides is 1. The van der Waals surface area contributed by atoms with Gasteiger partial charge in [0.25, 0.3) is 11.6 Å². The predicted molar refractivity (Wildman–Crippen MR) is 107 cm³/mol. The van der Waals surface area contributed by atoms with E-state index in [2.05, 4.69) is 5.32 Å². The van der Waals surface area contributed by atoms with Crippen LogP contribution in [0, 0.1) is 15.9 Å². The van der Waals surface area contributed by atoms with Crippen LogP contribution in [0.15, 0.2) is 36.4 Å². The fourth-order valence-corrected chi connectivity index (χ4v) is 3.52. The standard InChI is InChI=1S/C20H23FN4O4/c1-12-10-24(11-13(2)29-12)17-7-6-14(8-15(17)21)9-23-20(26)19-16(22)4-3-5-18(19)25(27)28/h3-8,12-13H,9-11,22H2,1-2H3,(H,23,26)/t12-,13-/m1/s1. The first-order valence-electron chi connectivity index (χ1n) is 9.26. The van der Waals surface area contributed by atoms with Gasteiger partial charge in [0.05, 0.1) is 28.5 Å². The number of benzene rings is 2. The van der Waals surface area contributed by atoms with Crippen LogP contribution in [-0.4, -0.2) is 36.1 Å². The minimum atomic E-state index is -0.685. The van der Waals surface area contributed by atoms with Gasteiger partial charge in [-0.15, -0.1) is 0 Å². The van der Waals surface area contributed by atoms with Gasteiger partial charge in [-0.25, -0.2) is 4.39 Å². The summed E-state index contributed by atoms with van der Waals surface area (Å²) < 4.78 is 20.3. The predicted octanol–water partition coefficient (Wildman–Crippen LogP) is 2.86.